The highest BCUT2D eigenvalue weighted by Crippen LogP contribution is 2.12. The standard InChI is InChI=1S/C42H66N10O15S2/c1-20(2)33(42(66)67)52-40(64)26(11-12-30(44)55)47-35(59)21(3)46-38(62)27(13-15-68-5)49-41(65)34(22(4)53)51-31(56)19-45-37(61)29(18-32(57)58)50-39(63)28(14-16-69-6)48-36(60)25(43)17-23-7-9-24(54)10-8-23/h7-10,20-22,25-29,33-34,53-54H,11-19,43H2,1-6H3,(H2,44,55)(H,45,61)(H,46,62)(H,47,59)(H,48,60)(H,49,65)(H,50,63)(H,51,56)(H,52,64)(H,57,58)(H,66,67)/t21-,22+,25-,26-,27-,28-,29-,33-,34-/m0/s1. The minimum absolute atomic E-state index is 0.00680. The average molecular weight is 1020 g/mol. The topological polar surface area (TPSA) is 417 Å². The lowest BCUT2D eigenvalue weighted by Crippen LogP contribution is -2.60. The summed E-state index contributed by atoms with van der Waals surface area (Å²) in [5, 5.41) is 57.7. The number of nitrogens with one attached hydrogen (secondary N) is 8. The van der Waals surface area contributed by atoms with Gasteiger partial charge in [0.15, 0.2) is 0 Å². The number of aliphatic hydroxyl groups is 1. The lowest BCUT2D eigenvalue weighted by atomic mass is 10.0. The molecule has 0 spiro atoms. The van der Waals surface area contributed by atoms with Crippen LogP contribution in [0.1, 0.15) is 65.4 Å². The number of aliphatic carboxylic acids is 2. The maximum atomic E-state index is 13.5. The van der Waals surface area contributed by atoms with Crippen LogP contribution in [0.15, 0.2) is 24.3 Å². The fourth-order valence-electron chi connectivity index (χ4n) is 6.10. The monoisotopic (exact) mass is 1010 g/mol. The molecule has 0 radical (unpaired) electrons. The zero-order chi connectivity index (χ0) is 52.5. The van der Waals surface area contributed by atoms with Gasteiger partial charge < -0.3 is 74.4 Å². The van der Waals surface area contributed by atoms with Gasteiger partial charge in [-0.2, -0.15) is 23.5 Å². The van der Waals surface area contributed by atoms with Crippen LogP contribution < -0.4 is 54.0 Å². The molecule has 0 saturated carbocycles. The number of carboxylic acids is 2. The maximum absolute atomic E-state index is 13.5. The van der Waals surface area contributed by atoms with Crippen LogP contribution in [0.25, 0.3) is 0 Å². The number of hydrogen-bond donors (Lipinski definition) is 14. The van der Waals surface area contributed by atoms with Crippen molar-refractivity contribution in [3.63, 3.8) is 0 Å². The van der Waals surface area contributed by atoms with Gasteiger partial charge in [-0.25, -0.2) is 4.79 Å². The smallest absolute Gasteiger partial charge is 0.326 e. The molecule has 16 N–H and O–H groups in total. The van der Waals surface area contributed by atoms with E-state index in [-0.39, 0.29) is 37.9 Å². The number of carbonyl (C=O) groups excluding carboxylic acids is 9. The fraction of sp³-hybridized carbons (Fsp3) is 0.595. The number of thioether (sulfide) groups is 2. The van der Waals surface area contributed by atoms with Crippen molar-refractivity contribution in [2.45, 2.75) is 121 Å². The second-order valence-electron chi connectivity index (χ2n) is 16.2. The van der Waals surface area contributed by atoms with Crippen molar-refractivity contribution in [3.8, 4) is 5.75 Å². The van der Waals surface area contributed by atoms with Gasteiger partial charge in [0, 0.05) is 6.42 Å². The van der Waals surface area contributed by atoms with Crippen molar-refractivity contribution >= 4 is 88.6 Å². The molecule has 0 aromatic heterocycles. The van der Waals surface area contributed by atoms with E-state index in [9.17, 15) is 73.2 Å². The number of carbonyl (C=O) groups is 11. The Morgan fingerprint density at radius 3 is 1.59 bits per heavy atom. The molecule has 0 aliphatic heterocycles. The summed E-state index contributed by atoms with van der Waals surface area (Å²) in [6.07, 6.45) is 0.323. The highest BCUT2D eigenvalue weighted by molar-refractivity contribution is 7.98. The number of phenols is 1. The van der Waals surface area contributed by atoms with Gasteiger partial charge in [0.05, 0.1) is 25.1 Å². The third-order valence-corrected chi connectivity index (χ3v) is 11.3. The van der Waals surface area contributed by atoms with Gasteiger partial charge in [-0.05, 0) is 87.2 Å². The van der Waals surface area contributed by atoms with E-state index in [0.717, 1.165) is 6.92 Å². The number of benzene rings is 1. The summed E-state index contributed by atoms with van der Waals surface area (Å²) >= 11 is 2.63. The molecule has 0 fully saturated rings. The van der Waals surface area contributed by atoms with E-state index in [4.69, 9.17) is 11.5 Å². The molecule has 25 nitrogen and oxygen atoms in total. The van der Waals surface area contributed by atoms with Crippen LogP contribution in [0.5, 0.6) is 5.75 Å². The quantitative estimate of drug-likeness (QED) is 0.0329. The van der Waals surface area contributed by atoms with Crippen molar-refractivity contribution in [1.29, 1.82) is 0 Å². The SMILES string of the molecule is CSCC[C@H](NC(=O)[C@@H](NC(=O)CNC(=O)[C@H](CC(=O)O)NC(=O)[C@H](CCSC)NC(=O)[C@@H](N)Cc1ccc(O)cc1)[C@@H](C)O)C(=O)N[C@@H](C)C(=O)N[C@@H](CCC(N)=O)C(=O)N[C@H](C(=O)O)C(C)C. The maximum Gasteiger partial charge on any atom is 0.326 e. The minimum Gasteiger partial charge on any atom is -0.508 e. The van der Waals surface area contributed by atoms with Crippen molar-refractivity contribution < 1.29 is 73.2 Å². The predicted molar refractivity (Wildman–Crippen MR) is 253 cm³/mol. The summed E-state index contributed by atoms with van der Waals surface area (Å²) in [5.74, 6) is -11.2. The van der Waals surface area contributed by atoms with Gasteiger partial charge >= 0.3 is 11.9 Å². The first-order valence-corrected chi connectivity index (χ1v) is 24.4. The number of aromatic hydroxyl groups is 1. The Balaban J connectivity index is 3.06. The van der Waals surface area contributed by atoms with E-state index in [2.05, 4.69) is 42.5 Å². The van der Waals surface area contributed by atoms with Crippen LogP contribution in [0, 0.1) is 5.92 Å². The zero-order valence-corrected chi connectivity index (χ0v) is 40.8. The van der Waals surface area contributed by atoms with Crippen molar-refractivity contribution in [2.75, 3.05) is 30.6 Å². The Morgan fingerprint density at radius 1 is 0.609 bits per heavy atom. The van der Waals surface area contributed by atoms with E-state index in [1.54, 1.807) is 38.5 Å². The lowest BCUT2D eigenvalue weighted by molar-refractivity contribution is -0.143. The number of phenolic OH excluding ortho intramolecular Hbond substituents is 1. The predicted octanol–water partition coefficient (Wildman–Crippen LogP) is -3.84. The Hall–Kier alpha value is -6.19. The Morgan fingerprint density at radius 2 is 1.10 bits per heavy atom. The van der Waals surface area contributed by atoms with Crippen molar-refractivity contribution in [1.82, 2.24) is 42.5 Å². The largest absolute Gasteiger partial charge is 0.508 e. The van der Waals surface area contributed by atoms with Gasteiger partial charge in [-0.1, -0.05) is 26.0 Å². The Kier molecular flexibility index (Phi) is 27.4. The number of nitrogens with two attached hydrogens (primary N) is 2. The van der Waals surface area contributed by atoms with E-state index in [1.807, 2.05) is 0 Å². The molecular formula is C42H66N10O15S2. The average Bonchev–Trinajstić information content (AvgIpc) is 3.27. The molecule has 27 heteroatoms. The molecule has 1 aromatic rings. The van der Waals surface area contributed by atoms with Gasteiger partial charge in [0.25, 0.3) is 0 Å². The fourth-order valence-corrected chi connectivity index (χ4v) is 7.05. The van der Waals surface area contributed by atoms with Crippen LogP contribution in [-0.4, -0.2) is 171 Å². The molecule has 386 valence electrons. The molecule has 0 saturated heterocycles. The Bertz CT molecular complexity index is 1960. The number of primary amides is 1. The molecular weight excluding hydrogens is 949 g/mol. The molecule has 9 atom stereocenters. The molecule has 0 aliphatic carbocycles. The molecule has 0 heterocycles. The zero-order valence-electron chi connectivity index (χ0n) is 39.2. The summed E-state index contributed by atoms with van der Waals surface area (Å²) in [6.45, 7) is 4.58. The van der Waals surface area contributed by atoms with Crippen molar-refractivity contribution in [3.05, 3.63) is 29.8 Å². The molecule has 9 amide bonds. The molecule has 1 rings (SSSR count). The van der Waals surface area contributed by atoms with E-state index in [0.29, 0.717) is 17.1 Å². The molecule has 1 aromatic carbocycles. The highest BCUT2D eigenvalue weighted by Gasteiger charge is 2.34. The van der Waals surface area contributed by atoms with Gasteiger partial charge in [0.1, 0.15) is 48.0 Å². The summed E-state index contributed by atoms with van der Waals surface area (Å²) in [7, 11) is 0. The first-order valence-electron chi connectivity index (χ1n) is 21.6. The summed E-state index contributed by atoms with van der Waals surface area (Å²) in [6, 6.07) is -5.44. The molecule has 0 bridgehead atoms. The van der Waals surface area contributed by atoms with Crippen LogP contribution in [0.4, 0.5) is 0 Å². The summed E-state index contributed by atoms with van der Waals surface area (Å²) in [5.41, 5.74) is 11.9. The van der Waals surface area contributed by atoms with Crippen LogP contribution in [0.2, 0.25) is 0 Å². The van der Waals surface area contributed by atoms with Crippen molar-refractivity contribution in [2.24, 2.45) is 17.4 Å². The molecule has 0 aliphatic rings. The van der Waals surface area contributed by atoms with Crippen LogP contribution in [-0.2, 0) is 59.2 Å². The third-order valence-electron chi connectivity index (χ3n) is 10.0. The highest BCUT2D eigenvalue weighted by atomic mass is 32.2. The second kappa shape index (κ2) is 31.0. The molecule has 69 heavy (non-hydrogen) atoms. The summed E-state index contributed by atoms with van der Waals surface area (Å²) < 4.78 is 0. The lowest BCUT2D eigenvalue weighted by Gasteiger charge is -2.27. The van der Waals surface area contributed by atoms with Gasteiger partial charge in [-0.3, -0.25) is 47.9 Å². The minimum atomic E-state index is -1.76. The van der Waals surface area contributed by atoms with E-state index < -0.39 is 138 Å². The normalized spacial score (nSPS) is 14.9. The number of aliphatic hydroxyl groups excluding tert-OH is 1. The Labute approximate surface area is 407 Å². The number of carboxylic acid groups (broad SMARTS) is 2. The van der Waals surface area contributed by atoms with Crippen LogP contribution >= 0.6 is 23.5 Å². The second-order valence-corrected chi connectivity index (χ2v) is 18.2. The summed E-state index contributed by atoms with van der Waals surface area (Å²) in [4.78, 5) is 141. The third kappa shape index (κ3) is 23.1. The first-order chi connectivity index (χ1) is 32.3. The van der Waals surface area contributed by atoms with Gasteiger partial charge in [-0.15, -0.1) is 0 Å². The van der Waals surface area contributed by atoms with E-state index in [1.165, 1.54) is 42.6 Å². The molecule has 0 unspecified atom stereocenters. The number of rotatable bonds is 32. The number of amides is 9. The van der Waals surface area contributed by atoms with Gasteiger partial charge in [0.2, 0.25) is 53.2 Å². The van der Waals surface area contributed by atoms with E-state index >= 15 is 0 Å². The van der Waals surface area contributed by atoms with Crippen LogP contribution in [0.3, 0.4) is 0 Å². The first kappa shape index (κ1) is 60.8. The number of hydrogen-bond acceptors (Lipinski definition) is 16.